The van der Waals surface area contributed by atoms with Crippen molar-refractivity contribution in [1.82, 2.24) is 5.32 Å². The molecule has 0 amide bonds. The van der Waals surface area contributed by atoms with Gasteiger partial charge in [0.1, 0.15) is 14.1 Å². The van der Waals surface area contributed by atoms with E-state index in [0.717, 1.165) is 6.54 Å². The molecule has 0 radical (unpaired) electrons. The summed E-state index contributed by atoms with van der Waals surface area (Å²) < 4.78 is 2.20. The fourth-order valence-corrected chi connectivity index (χ4v) is 5.11. The van der Waals surface area contributed by atoms with Crippen LogP contribution in [0.15, 0.2) is 41.5 Å². The van der Waals surface area contributed by atoms with Crippen LogP contribution in [0.1, 0.15) is 64.7 Å². The molecule has 3 heteroatoms. The Bertz CT molecular complexity index is 1010. The van der Waals surface area contributed by atoms with Crippen LogP contribution in [0.4, 0.5) is 5.69 Å². The first-order chi connectivity index (χ1) is 14.0. The van der Waals surface area contributed by atoms with Crippen molar-refractivity contribution in [2.24, 2.45) is 0 Å². The maximum absolute atomic E-state index is 3.88. The van der Waals surface area contributed by atoms with Gasteiger partial charge in [0.15, 0.2) is 5.71 Å². The molecule has 1 N–H and O–H groups in total. The topological polar surface area (TPSA) is 18.3 Å². The molecule has 3 nitrogen and oxygen atoms in total. The van der Waals surface area contributed by atoms with Crippen LogP contribution in [0.2, 0.25) is 0 Å². The highest BCUT2D eigenvalue weighted by molar-refractivity contribution is 6.05. The Balaban J connectivity index is 2.02. The molecule has 0 fully saturated rings. The van der Waals surface area contributed by atoms with Gasteiger partial charge in [-0.1, -0.05) is 13.8 Å². The van der Waals surface area contributed by atoms with E-state index in [1.54, 1.807) is 0 Å². The summed E-state index contributed by atoms with van der Waals surface area (Å²) in [5.41, 5.74) is 11.0. The lowest BCUT2D eigenvalue weighted by Gasteiger charge is -2.42. The van der Waals surface area contributed by atoms with Gasteiger partial charge in [-0.3, -0.25) is 0 Å². The van der Waals surface area contributed by atoms with Crippen LogP contribution < -0.4 is 10.2 Å². The van der Waals surface area contributed by atoms with E-state index in [9.17, 15) is 0 Å². The number of anilines is 1. The molecular weight excluding hydrogens is 366 g/mol. The van der Waals surface area contributed by atoms with Crippen molar-refractivity contribution in [3.05, 3.63) is 58.2 Å². The summed E-state index contributed by atoms with van der Waals surface area (Å²) >= 11 is 0. The minimum Gasteiger partial charge on any atom is -0.379 e. The summed E-state index contributed by atoms with van der Waals surface area (Å²) in [5.74, 6) is 0. The van der Waals surface area contributed by atoms with Crippen molar-refractivity contribution in [1.29, 1.82) is 0 Å². The predicted octanol–water partition coefficient (Wildman–Crippen LogP) is 5.06. The summed E-state index contributed by atoms with van der Waals surface area (Å²) in [6, 6.07) is 4.99. The van der Waals surface area contributed by atoms with Gasteiger partial charge in [-0.05, 0) is 75.4 Å². The summed E-state index contributed by atoms with van der Waals surface area (Å²) in [5, 5.41) is 3.88. The molecule has 1 heterocycles. The van der Waals surface area contributed by atoms with Gasteiger partial charge in [0.25, 0.3) is 0 Å². The third-order valence-corrected chi connectivity index (χ3v) is 6.72. The van der Waals surface area contributed by atoms with E-state index in [4.69, 9.17) is 0 Å². The second kappa shape index (κ2) is 7.14. The highest BCUT2D eigenvalue weighted by atomic mass is 15.1. The highest BCUT2D eigenvalue weighted by Gasteiger charge is 2.40. The molecule has 1 aliphatic heterocycles. The van der Waals surface area contributed by atoms with Crippen LogP contribution in [0.3, 0.4) is 0 Å². The number of benzene rings is 1. The Hall–Kier alpha value is -2.29. The van der Waals surface area contributed by atoms with Gasteiger partial charge in [0, 0.05) is 58.7 Å². The number of hydrogen-bond donors (Lipinski definition) is 1. The SMILES string of the molecule is CCN1CCCc2cc3c(cc21)C(C)(C)C1=CC(=[N+](C)C)C=CC1=C3NC(C)(C)C. The standard InChI is InChI=1S/C27H37N3/c1-9-30-14-10-11-18-15-21-23(17-24(18)30)27(5,6)22-16-19(29(7)8)12-13-20(22)25(21)28-26(2,3)4/h12-13,15-17H,9-11,14H2,1-8H3/p+1. The number of fused-ring (bicyclic) bond motifs is 3. The average Bonchev–Trinajstić information content (AvgIpc) is 2.68. The first kappa shape index (κ1) is 21.0. The second-order valence-corrected chi connectivity index (χ2v) is 10.7. The molecule has 4 rings (SSSR count). The Morgan fingerprint density at radius 3 is 2.50 bits per heavy atom. The van der Waals surface area contributed by atoms with Crippen LogP contribution in [0, 0.1) is 0 Å². The van der Waals surface area contributed by atoms with Gasteiger partial charge in [-0.25, -0.2) is 4.58 Å². The summed E-state index contributed by atoms with van der Waals surface area (Å²) in [6.07, 6.45) is 9.38. The van der Waals surface area contributed by atoms with Gasteiger partial charge in [-0.15, -0.1) is 0 Å². The number of rotatable bonds is 2. The number of hydrogen-bond acceptors (Lipinski definition) is 2. The Morgan fingerprint density at radius 1 is 1.13 bits per heavy atom. The molecule has 0 spiro atoms. The molecule has 0 saturated carbocycles. The van der Waals surface area contributed by atoms with E-state index in [1.807, 2.05) is 0 Å². The molecule has 0 bridgehead atoms. The van der Waals surface area contributed by atoms with Crippen LogP contribution >= 0.6 is 0 Å². The summed E-state index contributed by atoms with van der Waals surface area (Å²) in [4.78, 5) is 2.55. The van der Waals surface area contributed by atoms with Crippen molar-refractivity contribution < 1.29 is 4.58 Å². The van der Waals surface area contributed by atoms with Crippen LogP contribution in [0.25, 0.3) is 5.70 Å². The van der Waals surface area contributed by atoms with Crippen LogP contribution in [0.5, 0.6) is 0 Å². The first-order valence-corrected chi connectivity index (χ1v) is 11.4. The minimum atomic E-state index is -0.0500. The largest absolute Gasteiger partial charge is 0.379 e. The zero-order valence-electron chi connectivity index (χ0n) is 20.1. The molecule has 1 aromatic carbocycles. The molecular formula is C27H38N3+. The summed E-state index contributed by atoms with van der Waals surface area (Å²) in [6.45, 7) is 16.1. The fourth-order valence-electron chi connectivity index (χ4n) is 5.11. The zero-order valence-corrected chi connectivity index (χ0v) is 20.1. The highest BCUT2D eigenvalue weighted by Crippen LogP contribution is 2.49. The van der Waals surface area contributed by atoms with Gasteiger partial charge >= 0.3 is 0 Å². The predicted molar refractivity (Wildman–Crippen MR) is 130 cm³/mol. The van der Waals surface area contributed by atoms with Crippen LogP contribution in [-0.4, -0.2) is 43.0 Å². The average molecular weight is 405 g/mol. The minimum absolute atomic E-state index is 0.00304. The number of allylic oxidation sites excluding steroid dienone is 5. The van der Waals surface area contributed by atoms with Crippen molar-refractivity contribution in [3.63, 3.8) is 0 Å². The van der Waals surface area contributed by atoms with E-state index < -0.39 is 0 Å². The Morgan fingerprint density at radius 2 is 1.87 bits per heavy atom. The van der Waals surface area contributed by atoms with E-state index in [-0.39, 0.29) is 11.0 Å². The molecule has 0 aromatic heterocycles. The second-order valence-electron chi connectivity index (χ2n) is 10.7. The Kier molecular flexibility index (Phi) is 4.99. The smallest absolute Gasteiger partial charge is 0.199 e. The van der Waals surface area contributed by atoms with E-state index in [1.165, 1.54) is 64.3 Å². The quantitative estimate of drug-likeness (QED) is 0.695. The van der Waals surface area contributed by atoms with E-state index >= 15 is 0 Å². The lowest BCUT2D eigenvalue weighted by Crippen LogP contribution is -2.40. The molecule has 3 aliphatic rings. The third kappa shape index (κ3) is 3.42. The Labute approximate surface area is 182 Å². The van der Waals surface area contributed by atoms with Gasteiger partial charge in [0.05, 0.1) is 0 Å². The van der Waals surface area contributed by atoms with Crippen LogP contribution in [-0.2, 0) is 11.8 Å². The molecule has 0 saturated heterocycles. The lowest BCUT2D eigenvalue weighted by atomic mass is 9.65. The maximum atomic E-state index is 3.88. The van der Waals surface area contributed by atoms with Crippen molar-refractivity contribution in [2.75, 3.05) is 32.1 Å². The molecule has 2 aliphatic carbocycles. The third-order valence-electron chi connectivity index (χ3n) is 6.72. The normalized spacial score (nSPS) is 19.8. The van der Waals surface area contributed by atoms with E-state index in [2.05, 4.69) is 101 Å². The first-order valence-electron chi connectivity index (χ1n) is 11.4. The van der Waals surface area contributed by atoms with Crippen molar-refractivity contribution in [2.45, 2.75) is 65.3 Å². The number of aryl methyl sites for hydroxylation is 1. The number of nitrogens with one attached hydrogen (secondary N) is 1. The van der Waals surface area contributed by atoms with E-state index in [0.29, 0.717) is 0 Å². The summed E-state index contributed by atoms with van der Waals surface area (Å²) in [7, 11) is 4.25. The van der Waals surface area contributed by atoms with Gasteiger partial charge in [0.2, 0.25) is 0 Å². The number of nitrogens with zero attached hydrogens (tertiary/aromatic N) is 2. The maximum Gasteiger partial charge on any atom is 0.199 e. The molecule has 0 atom stereocenters. The molecule has 0 unspecified atom stereocenters. The fraction of sp³-hybridized carbons (Fsp3) is 0.519. The molecule has 30 heavy (non-hydrogen) atoms. The molecule has 160 valence electrons. The molecule has 1 aromatic rings. The van der Waals surface area contributed by atoms with Gasteiger partial charge < -0.3 is 10.2 Å². The zero-order chi connectivity index (χ0) is 21.8. The van der Waals surface area contributed by atoms with Crippen molar-refractivity contribution in [3.8, 4) is 0 Å². The van der Waals surface area contributed by atoms with Gasteiger partial charge in [-0.2, -0.15) is 0 Å². The van der Waals surface area contributed by atoms with Crippen molar-refractivity contribution >= 4 is 17.1 Å². The monoisotopic (exact) mass is 404 g/mol. The lowest BCUT2D eigenvalue weighted by molar-refractivity contribution is -0.462.